The quantitative estimate of drug-likeness (QED) is 0.0907. The van der Waals surface area contributed by atoms with E-state index in [1.807, 2.05) is 12.1 Å². The molecule has 6 aromatic carbocycles. The highest BCUT2D eigenvalue weighted by Gasteiger charge is 2.48. The van der Waals surface area contributed by atoms with E-state index in [0.717, 1.165) is 48.3 Å². The lowest BCUT2D eigenvalue weighted by Crippen LogP contribution is -2.31. The fourth-order valence-corrected chi connectivity index (χ4v) is 10.2. The highest BCUT2D eigenvalue weighted by molar-refractivity contribution is 5.87. The Hall–Kier alpha value is -5.88. The van der Waals surface area contributed by atoms with Crippen molar-refractivity contribution in [2.45, 2.75) is 95.3 Å². The fraction of sp³-hybridized carbons (Fsp3) is 0.294. The molecule has 6 nitrogen and oxygen atoms in total. The van der Waals surface area contributed by atoms with Gasteiger partial charge in [-0.1, -0.05) is 87.1 Å². The monoisotopic (exact) mass is 756 g/mol. The van der Waals surface area contributed by atoms with Crippen LogP contribution in [-0.2, 0) is 5.41 Å². The number of phenols is 2. The van der Waals surface area contributed by atoms with E-state index < -0.39 is 5.41 Å². The number of phenolic OH excluding ortho intramolecular Hbond substituents is 2. The first-order valence-electron chi connectivity index (χ1n) is 20.7. The van der Waals surface area contributed by atoms with Gasteiger partial charge in [0.25, 0.3) is 0 Å². The van der Waals surface area contributed by atoms with Crippen LogP contribution in [0.1, 0.15) is 121 Å². The second-order valence-corrected chi connectivity index (χ2v) is 16.6. The minimum atomic E-state index is -0.635. The molecule has 0 bridgehead atoms. The normalized spacial score (nSPS) is 16.5. The largest absolute Gasteiger partial charge is 0.506 e. The number of nitrogens with two attached hydrogens (primary N) is 2. The van der Waals surface area contributed by atoms with Crippen LogP contribution in [0.15, 0.2) is 109 Å². The molecule has 0 atom stereocenters. The zero-order valence-electron chi connectivity index (χ0n) is 33.0. The smallest absolute Gasteiger partial charge is 0.142 e. The van der Waals surface area contributed by atoms with Gasteiger partial charge in [0.15, 0.2) is 0 Å². The maximum Gasteiger partial charge on any atom is 0.142 e. The topological polar surface area (TPSA) is 111 Å². The summed E-state index contributed by atoms with van der Waals surface area (Å²) < 4.78 is 13.5. The minimum Gasteiger partial charge on any atom is -0.506 e. The molecular weight excluding hydrogens is 705 g/mol. The van der Waals surface area contributed by atoms with Crippen LogP contribution in [0, 0.1) is 13.8 Å². The SMILES string of the molecule is Cc1cc(Oc2ccc(N)c(O)c2)c(C2CCCCC2)cc1C1(c2cc(C3CCCCC3)c(Oc3ccc(N)c(O)c3)cc2C)c2ccccc2-c2ccccc21. The lowest BCUT2D eigenvalue weighted by molar-refractivity contribution is 0.415. The van der Waals surface area contributed by atoms with Gasteiger partial charge in [-0.2, -0.15) is 0 Å². The van der Waals surface area contributed by atoms with Gasteiger partial charge < -0.3 is 31.2 Å². The van der Waals surface area contributed by atoms with Crippen LogP contribution in [0.2, 0.25) is 0 Å². The van der Waals surface area contributed by atoms with Crippen LogP contribution in [0.25, 0.3) is 11.1 Å². The van der Waals surface area contributed by atoms with Gasteiger partial charge in [-0.25, -0.2) is 0 Å². The first-order valence-corrected chi connectivity index (χ1v) is 20.7. The third-order valence-corrected chi connectivity index (χ3v) is 13.0. The molecule has 0 saturated heterocycles. The molecule has 9 rings (SSSR count). The van der Waals surface area contributed by atoms with E-state index in [9.17, 15) is 10.2 Å². The molecule has 6 heteroatoms. The average Bonchev–Trinajstić information content (AvgIpc) is 3.52. The molecule has 6 N–H and O–H groups in total. The second kappa shape index (κ2) is 14.9. The Bertz CT molecular complexity index is 2300. The summed E-state index contributed by atoms with van der Waals surface area (Å²) in [6.45, 7) is 4.45. The Morgan fingerprint density at radius 1 is 0.491 bits per heavy atom. The van der Waals surface area contributed by atoms with Crippen LogP contribution >= 0.6 is 0 Å². The van der Waals surface area contributed by atoms with Crippen LogP contribution < -0.4 is 20.9 Å². The van der Waals surface area contributed by atoms with E-state index in [4.69, 9.17) is 20.9 Å². The molecule has 57 heavy (non-hydrogen) atoms. The molecule has 0 unspecified atom stereocenters. The molecule has 2 saturated carbocycles. The predicted octanol–water partition coefficient (Wildman–Crippen LogP) is 12.9. The Balaban J connectivity index is 1.31. The highest BCUT2D eigenvalue weighted by atomic mass is 16.5. The van der Waals surface area contributed by atoms with Crippen LogP contribution in [0.3, 0.4) is 0 Å². The van der Waals surface area contributed by atoms with Gasteiger partial charge in [0, 0.05) is 12.1 Å². The van der Waals surface area contributed by atoms with E-state index in [0.29, 0.717) is 34.7 Å². The van der Waals surface area contributed by atoms with Gasteiger partial charge in [-0.05, 0) is 156 Å². The minimum absolute atomic E-state index is 0.0167. The van der Waals surface area contributed by atoms with Crippen LogP contribution in [0.5, 0.6) is 34.5 Å². The maximum absolute atomic E-state index is 10.5. The van der Waals surface area contributed by atoms with Crippen molar-refractivity contribution in [3.8, 4) is 45.6 Å². The zero-order chi connectivity index (χ0) is 39.3. The molecule has 290 valence electrons. The molecule has 0 heterocycles. The molecule has 3 aliphatic carbocycles. The predicted molar refractivity (Wildman–Crippen MR) is 230 cm³/mol. The zero-order valence-corrected chi connectivity index (χ0v) is 33.0. The van der Waals surface area contributed by atoms with Gasteiger partial charge in [-0.3, -0.25) is 0 Å². The van der Waals surface area contributed by atoms with Crippen molar-refractivity contribution in [3.63, 3.8) is 0 Å². The van der Waals surface area contributed by atoms with Gasteiger partial charge in [0.2, 0.25) is 0 Å². The Labute approximate surface area is 336 Å². The molecule has 0 aliphatic heterocycles. The van der Waals surface area contributed by atoms with E-state index in [1.165, 1.54) is 83.0 Å². The summed E-state index contributed by atoms with van der Waals surface area (Å²) in [6.07, 6.45) is 11.6. The molecule has 0 spiro atoms. The number of benzene rings is 6. The first kappa shape index (κ1) is 36.7. The third-order valence-electron chi connectivity index (χ3n) is 13.0. The van der Waals surface area contributed by atoms with Crippen molar-refractivity contribution in [2.75, 3.05) is 11.5 Å². The molecule has 2 fully saturated rings. The lowest BCUT2D eigenvalue weighted by atomic mass is 9.64. The van der Waals surface area contributed by atoms with Crippen molar-refractivity contribution < 1.29 is 19.7 Å². The van der Waals surface area contributed by atoms with Crippen LogP contribution in [-0.4, -0.2) is 10.2 Å². The average molecular weight is 757 g/mol. The summed E-state index contributed by atoms with van der Waals surface area (Å²) in [5.41, 5.74) is 24.2. The number of anilines is 2. The molecule has 3 aliphatic rings. The van der Waals surface area contributed by atoms with Gasteiger partial charge >= 0.3 is 0 Å². The fourth-order valence-electron chi connectivity index (χ4n) is 10.2. The molecular formula is C51H52N2O4. The Kier molecular flexibility index (Phi) is 9.60. The summed E-state index contributed by atoms with van der Waals surface area (Å²) >= 11 is 0. The number of hydrogen-bond acceptors (Lipinski definition) is 6. The first-order chi connectivity index (χ1) is 27.7. The van der Waals surface area contributed by atoms with E-state index in [1.54, 1.807) is 24.3 Å². The lowest BCUT2D eigenvalue weighted by Gasteiger charge is -2.38. The summed E-state index contributed by atoms with van der Waals surface area (Å²) in [4.78, 5) is 0. The number of aryl methyl sites for hydroxylation is 2. The number of fused-ring (bicyclic) bond motifs is 3. The molecule has 0 amide bonds. The standard InChI is InChI=1S/C51H52N2O4/c1-31-25-49(56-35-21-23-45(52)47(54)27-35)39(33-13-5-3-6-14-33)29-43(31)51(41-19-11-9-17-37(41)38-18-10-12-20-42(38)51)44-30-40(34-15-7-4-8-16-34)50(26-32(44)2)57-36-22-24-46(53)48(55)28-36/h9-12,17-30,33-34,54-55H,3-8,13-16,52-53H2,1-2H3. The van der Waals surface area contributed by atoms with Crippen molar-refractivity contribution in [1.82, 2.24) is 0 Å². The van der Waals surface area contributed by atoms with Gasteiger partial charge in [-0.15, -0.1) is 0 Å². The van der Waals surface area contributed by atoms with Crippen molar-refractivity contribution >= 4 is 11.4 Å². The second-order valence-electron chi connectivity index (χ2n) is 16.6. The highest BCUT2D eigenvalue weighted by Crippen LogP contribution is 2.59. The molecule has 0 aromatic heterocycles. The maximum atomic E-state index is 10.5. The molecule has 6 aromatic rings. The summed E-state index contributed by atoms with van der Waals surface area (Å²) in [7, 11) is 0. The number of rotatable bonds is 8. The summed E-state index contributed by atoms with van der Waals surface area (Å²) in [5.74, 6) is 3.50. The van der Waals surface area contributed by atoms with Crippen molar-refractivity contribution in [3.05, 3.63) is 154 Å². The van der Waals surface area contributed by atoms with E-state index in [-0.39, 0.29) is 11.5 Å². The molecule has 0 radical (unpaired) electrons. The van der Waals surface area contributed by atoms with Crippen LogP contribution in [0.4, 0.5) is 11.4 Å². The number of aromatic hydroxyl groups is 2. The van der Waals surface area contributed by atoms with Crippen molar-refractivity contribution in [1.29, 1.82) is 0 Å². The number of nitrogen functional groups attached to an aromatic ring is 2. The van der Waals surface area contributed by atoms with E-state index >= 15 is 0 Å². The summed E-state index contributed by atoms with van der Waals surface area (Å²) in [5, 5.41) is 21.0. The Morgan fingerprint density at radius 3 is 1.30 bits per heavy atom. The number of hydrogen-bond donors (Lipinski definition) is 4. The van der Waals surface area contributed by atoms with E-state index in [2.05, 4.69) is 86.6 Å². The summed E-state index contributed by atoms with van der Waals surface area (Å²) in [6, 6.07) is 37.6. The van der Waals surface area contributed by atoms with Gasteiger partial charge in [0.05, 0.1) is 16.8 Å². The number of ether oxygens (including phenoxy) is 2. The Morgan fingerprint density at radius 2 is 0.895 bits per heavy atom. The van der Waals surface area contributed by atoms with Crippen molar-refractivity contribution in [2.24, 2.45) is 0 Å². The van der Waals surface area contributed by atoms with Gasteiger partial charge in [0.1, 0.15) is 34.5 Å². The third kappa shape index (κ3) is 6.45.